The largest absolute Gasteiger partial charge is 0.437 e. The third-order valence-corrected chi connectivity index (χ3v) is 5.02. The van der Waals surface area contributed by atoms with E-state index in [-0.39, 0.29) is 0 Å². The van der Waals surface area contributed by atoms with E-state index in [0.29, 0.717) is 5.88 Å². The molecule has 0 atom stereocenters. The Morgan fingerprint density at radius 3 is 3.10 bits per heavy atom. The van der Waals surface area contributed by atoms with Gasteiger partial charge < -0.3 is 4.74 Å². The number of fused-ring (bicyclic) bond motifs is 2. The topological polar surface area (TPSA) is 26.5 Å². The SMILES string of the molecule is BrCc1c(Oc2ccc3c(c2)CCC3)nc2sccn12. The molecule has 102 valence electrons. The van der Waals surface area contributed by atoms with Gasteiger partial charge in [0.25, 0.3) is 0 Å². The average molecular weight is 349 g/mol. The van der Waals surface area contributed by atoms with Crippen LogP contribution in [0.1, 0.15) is 23.2 Å². The maximum absolute atomic E-state index is 6.01. The van der Waals surface area contributed by atoms with Crippen molar-refractivity contribution in [3.63, 3.8) is 0 Å². The predicted molar refractivity (Wildman–Crippen MR) is 84.2 cm³/mol. The first kappa shape index (κ1) is 12.4. The van der Waals surface area contributed by atoms with Crippen molar-refractivity contribution in [3.05, 3.63) is 46.6 Å². The summed E-state index contributed by atoms with van der Waals surface area (Å²) < 4.78 is 8.09. The van der Waals surface area contributed by atoms with Gasteiger partial charge in [-0.05, 0) is 42.5 Å². The first-order valence-corrected chi connectivity index (χ1v) is 8.65. The van der Waals surface area contributed by atoms with E-state index < -0.39 is 0 Å². The van der Waals surface area contributed by atoms with Crippen LogP contribution in [0.25, 0.3) is 4.96 Å². The van der Waals surface area contributed by atoms with Crippen LogP contribution in [0.2, 0.25) is 0 Å². The molecule has 0 aliphatic heterocycles. The average Bonchev–Trinajstić information content (AvgIpc) is 3.12. The van der Waals surface area contributed by atoms with Gasteiger partial charge in [-0.25, -0.2) is 0 Å². The molecular weight excluding hydrogens is 336 g/mol. The fraction of sp³-hybridized carbons (Fsp3) is 0.267. The summed E-state index contributed by atoms with van der Waals surface area (Å²) in [5.41, 5.74) is 3.94. The monoisotopic (exact) mass is 348 g/mol. The molecule has 0 amide bonds. The highest BCUT2D eigenvalue weighted by molar-refractivity contribution is 9.08. The van der Waals surface area contributed by atoms with Gasteiger partial charge in [0.15, 0.2) is 4.96 Å². The van der Waals surface area contributed by atoms with E-state index in [1.54, 1.807) is 11.3 Å². The minimum atomic E-state index is 0.701. The fourth-order valence-corrected chi connectivity index (χ4v) is 3.97. The molecule has 0 bridgehead atoms. The van der Waals surface area contributed by atoms with Gasteiger partial charge in [-0.1, -0.05) is 22.0 Å². The van der Waals surface area contributed by atoms with Crippen molar-refractivity contribution in [3.8, 4) is 11.6 Å². The summed E-state index contributed by atoms with van der Waals surface area (Å²) >= 11 is 5.14. The number of hydrogen-bond acceptors (Lipinski definition) is 3. The van der Waals surface area contributed by atoms with Crippen LogP contribution < -0.4 is 4.74 Å². The van der Waals surface area contributed by atoms with Gasteiger partial charge >= 0.3 is 0 Å². The quantitative estimate of drug-likeness (QED) is 0.648. The van der Waals surface area contributed by atoms with E-state index in [2.05, 4.69) is 43.5 Å². The molecular formula is C15H13BrN2OS. The number of imidazole rings is 1. The first-order valence-electron chi connectivity index (χ1n) is 6.65. The van der Waals surface area contributed by atoms with Gasteiger partial charge in [0.1, 0.15) is 5.75 Å². The van der Waals surface area contributed by atoms with E-state index in [0.717, 1.165) is 28.2 Å². The molecule has 20 heavy (non-hydrogen) atoms. The zero-order valence-electron chi connectivity index (χ0n) is 10.8. The second-order valence-electron chi connectivity index (χ2n) is 4.94. The van der Waals surface area contributed by atoms with Gasteiger partial charge in [0.2, 0.25) is 5.88 Å². The molecule has 0 spiro atoms. The molecule has 3 aromatic rings. The molecule has 3 nitrogen and oxygen atoms in total. The Bertz CT molecular complexity index is 777. The molecule has 0 radical (unpaired) electrons. The first-order chi connectivity index (χ1) is 9.85. The van der Waals surface area contributed by atoms with Crippen molar-refractivity contribution in [2.45, 2.75) is 24.6 Å². The van der Waals surface area contributed by atoms with Crippen molar-refractivity contribution in [1.82, 2.24) is 9.38 Å². The van der Waals surface area contributed by atoms with E-state index in [4.69, 9.17) is 4.74 Å². The molecule has 1 aromatic carbocycles. The Kier molecular flexibility index (Phi) is 3.04. The minimum Gasteiger partial charge on any atom is -0.437 e. The minimum absolute atomic E-state index is 0.701. The smallest absolute Gasteiger partial charge is 0.243 e. The second-order valence-corrected chi connectivity index (χ2v) is 6.37. The Hall–Kier alpha value is -1.33. The van der Waals surface area contributed by atoms with Crippen LogP contribution in [0, 0.1) is 0 Å². The van der Waals surface area contributed by atoms with Crippen LogP contribution in [0.3, 0.4) is 0 Å². The maximum atomic E-state index is 6.01. The summed E-state index contributed by atoms with van der Waals surface area (Å²) in [6.07, 6.45) is 5.64. The number of nitrogens with zero attached hydrogens (tertiary/aromatic N) is 2. The van der Waals surface area contributed by atoms with E-state index in [9.17, 15) is 0 Å². The van der Waals surface area contributed by atoms with E-state index in [1.165, 1.54) is 24.0 Å². The number of thiazole rings is 1. The van der Waals surface area contributed by atoms with Crippen molar-refractivity contribution in [1.29, 1.82) is 0 Å². The number of rotatable bonds is 3. The number of ether oxygens (including phenoxy) is 1. The van der Waals surface area contributed by atoms with Crippen molar-refractivity contribution in [2.24, 2.45) is 0 Å². The van der Waals surface area contributed by atoms with Gasteiger partial charge in [0.05, 0.1) is 5.69 Å². The third-order valence-electron chi connectivity index (χ3n) is 3.74. The number of benzene rings is 1. The van der Waals surface area contributed by atoms with Crippen LogP contribution in [0.15, 0.2) is 29.8 Å². The lowest BCUT2D eigenvalue weighted by Gasteiger charge is -2.06. The molecule has 0 unspecified atom stereocenters. The molecule has 0 saturated carbocycles. The molecule has 4 rings (SSSR count). The molecule has 5 heteroatoms. The molecule has 1 aliphatic rings. The number of aromatic nitrogens is 2. The van der Waals surface area contributed by atoms with E-state index in [1.807, 2.05) is 11.6 Å². The van der Waals surface area contributed by atoms with Gasteiger partial charge in [-0.3, -0.25) is 4.40 Å². The predicted octanol–water partition coefficient (Wildman–Crippen LogP) is 4.57. The highest BCUT2D eigenvalue weighted by atomic mass is 79.9. The Morgan fingerprint density at radius 2 is 2.20 bits per heavy atom. The number of hydrogen-bond donors (Lipinski definition) is 0. The summed E-state index contributed by atoms with van der Waals surface area (Å²) in [6.45, 7) is 0. The van der Waals surface area contributed by atoms with E-state index >= 15 is 0 Å². The zero-order chi connectivity index (χ0) is 13.5. The highest BCUT2D eigenvalue weighted by Gasteiger charge is 2.16. The number of alkyl halides is 1. The maximum Gasteiger partial charge on any atom is 0.243 e. The van der Waals surface area contributed by atoms with Gasteiger partial charge in [-0.15, -0.1) is 11.3 Å². The summed E-state index contributed by atoms with van der Waals surface area (Å²) in [6, 6.07) is 6.40. The van der Waals surface area contributed by atoms with Crippen molar-refractivity contribution >= 4 is 32.2 Å². The number of aryl methyl sites for hydroxylation is 2. The third kappa shape index (κ3) is 1.96. The van der Waals surface area contributed by atoms with Crippen molar-refractivity contribution in [2.75, 3.05) is 0 Å². The molecule has 0 N–H and O–H groups in total. The molecule has 1 aliphatic carbocycles. The molecule has 0 saturated heterocycles. The second kappa shape index (κ2) is 4.90. The lowest BCUT2D eigenvalue weighted by molar-refractivity contribution is 0.461. The Balaban J connectivity index is 1.71. The molecule has 2 aromatic heterocycles. The Labute approximate surface area is 129 Å². The normalized spacial score (nSPS) is 13.8. The lowest BCUT2D eigenvalue weighted by Crippen LogP contribution is -1.92. The summed E-state index contributed by atoms with van der Waals surface area (Å²) in [4.78, 5) is 5.53. The Morgan fingerprint density at radius 1 is 1.30 bits per heavy atom. The molecule has 2 heterocycles. The van der Waals surface area contributed by atoms with Crippen molar-refractivity contribution < 1.29 is 4.74 Å². The summed E-state index contributed by atoms with van der Waals surface area (Å²) in [7, 11) is 0. The van der Waals surface area contributed by atoms with Crippen LogP contribution in [-0.4, -0.2) is 9.38 Å². The zero-order valence-corrected chi connectivity index (χ0v) is 13.2. The van der Waals surface area contributed by atoms with Gasteiger partial charge in [0, 0.05) is 16.9 Å². The summed E-state index contributed by atoms with van der Waals surface area (Å²) in [5, 5.41) is 2.76. The van der Waals surface area contributed by atoms with Crippen LogP contribution >= 0.6 is 27.3 Å². The number of halogens is 1. The standard InChI is InChI=1S/C15H13BrN2OS/c16-9-13-14(17-15-18(13)6-7-20-15)19-12-5-4-10-2-1-3-11(10)8-12/h4-8H,1-3,9H2. The lowest BCUT2D eigenvalue weighted by atomic mass is 10.1. The van der Waals surface area contributed by atoms with Gasteiger partial charge in [-0.2, -0.15) is 4.98 Å². The summed E-state index contributed by atoms with van der Waals surface area (Å²) in [5.74, 6) is 1.59. The van der Waals surface area contributed by atoms with Crippen LogP contribution in [0.4, 0.5) is 0 Å². The highest BCUT2D eigenvalue weighted by Crippen LogP contribution is 2.32. The fourth-order valence-electron chi connectivity index (χ4n) is 2.74. The van der Waals surface area contributed by atoms with Crippen LogP contribution in [-0.2, 0) is 18.2 Å². The van der Waals surface area contributed by atoms with Crippen LogP contribution in [0.5, 0.6) is 11.6 Å². The molecule has 0 fully saturated rings.